The number of hydrogen-bond acceptors (Lipinski definition) is 3. The fraction of sp³-hybridized carbons (Fsp3) is 0.500. The molecule has 126 valence electrons. The van der Waals surface area contributed by atoms with Crippen molar-refractivity contribution in [2.45, 2.75) is 52.0 Å². The Balaban J connectivity index is 2.96. The molecule has 0 amide bonds. The number of carbonyl (C=O) groups excluding carboxylic acids is 1. The molecule has 1 rings (SSSR count). The molecule has 0 aromatic heterocycles. The highest BCUT2D eigenvalue weighted by Crippen LogP contribution is 2.21. The van der Waals surface area contributed by atoms with Crippen molar-refractivity contribution < 1.29 is 4.79 Å². The Bertz CT molecular complexity index is 531. The van der Waals surface area contributed by atoms with Crippen molar-refractivity contribution in [1.29, 1.82) is 0 Å². The molecule has 3 nitrogen and oxygen atoms in total. The summed E-state index contributed by atoms with van der Waals surface area (Å²) < 4.78 is 0. The normalized spacial score (nSPS) is 14.3. The molecular formula is C20H30N2O. The highest BCUT2D eigenvalue weighted by atomic mass is 16.1. The molecule has 0 fully saturated rings. The van der Waals surface area contributed by atoms with Gasteiger partial charge in [-0.1, -0.05) is 64.0 Å². The van der Waals surface area contributed by atoms with Crippen molar-refractivity contribution in [3.63, 3.8) is 0 Å². The molecule has 23 heavy (non-hydrogen) atoms. The van der Waals surface area contributed by atoms with Gasteiger partial charge in [-0.2, -0.15) is 0 Å². The first kappa shape index (κ1) is 19.3. The average molecular weight is 314 g/mol. The highest BCUT2D eigenvalue weighted by Gasteiger charge is 2.25. The molecular weight excluding hydrogens is 284 g/mol. The third kappa shape index (κ3) is 5.43. The fourth-order valence-corrected chi connectivity index (χ4v) is 2.86. The van der Waals surface area contributed by atoms with Crippen LogP contribution in [0.1, 0.15) is 61.9 Å². The highest BCUT2D eigenvalue weighted by molar-refractivity contribution is 6.09. The summed E-state index contributed by atoms with van der Waals surface area (Å²) in [5, 5.41) is 0. The standard InChI is InChI=1S/C20H30N2O/c1-5-8-10-17(18(21)9-6-2)20(23)16-13-11-15(12-14-16)19(7-3)22-4/h7,11-14,17-18H,3,5-6,8-10,21H2,1-2,4H3/b22-19+/t17-,18-/m1/s1. The predicted molar refractivity (Wildman–Crippen MR) is 99.3 cm³/mol. The maximum Gasteiger partial charge on any atom is 0.167 e. The van der Waals surface area contributed by atoms with Gasteiger partial charge in [0.05, 0.1) is 5.71 Å². The summed E-state index contributed by atoms with van der Waals surface area (Å²) in [6.07, 6.45) is 6.60. The van der Waals surface area contributed by atoms with E-state index in [0.717, 1.165) is 48.9 Å². The number of benzene rings is 1. The van der Waals surface area contributed by atoms with Gasteiger partial charge in [0.1, 0.15) is 0 Å². The van der Waals surface area contributed by atoms with E-state index in [1.54, 1.807) is 13.1 Å². The van der Waals surface area contributed by atoms with Crippen molar-refractivity contribution in [2.24, 2.45) is 16.6 Å². The van der Waals surface area contributed by atoms with Gasteiger partial charge in [-0.15, -0.1) is 0 Å². The SMILES string of the molecule is C=C/C(=N\C)c1ccc(C(=O)[C@H](CCCC)[C@H](N)CCC)cc1. The summed E-state index contributed by atoms with van der Waals surface area (Å²) >= 11 is 0. The second-order valence-corrected chi connectivity index (χ2v) is 5.96. The van der Waals surface area contributed by atoms with Crippen molar-refractivity contribution in [3.8, 4) is 0 Å². The molecule has 0 bridgehead atoms. The molecule has 2 atom stereocenters. The van der Waals surface area contributed by atoms with E-state index in [2.05, 4.69) is 25.4 Å². The van der Waals surface area contributed by atoms with Gasteiger partial charge >= 0.3 is 0 Å². The lowest BCUT2D eigenvalue weighted by molar-refractivity contribution is 0.0888. The zero-order valence-corrected chi connectivity index (χ0v) is 14.7. The first-order valence-corrected chi connectivity index (χ1v) is 8.58. The van der Waals surface area contributed by atoms with Crippen molar-refractivity contribution in [1.82, 2.24) is 0 Å². The second-order valence-electron chi connectivity index (χ2n) is 5.96. The van der Waals surface area contributed by atoms with Crippen molar-refractivity contribution in [3.05, 3.63) is 48.0 Å². The van der Waals surface area contributed by atoms with E-state index in [1.165, 1.54) is 0 Å². The number of hydrogen-bond donors (Lipinski definition) is 1. The van der Waals surface area contributed by atoms with Gasteiger partial charge in [0.25, 0.3) is 0 Å². The molecule has 0 saturated heterocycles. The van der Waals surface area contributed by atoms with Gasteiger partial charge in [0, 0.05) is 24.6 Å². The Morgan fingerprint density at radius 3 is 2.26 bits per heavy atom. The van der Waals surface area contributed by atoms with E-state index in [1.807, 2.05) is 24.3 Å². The van der Waals surface area contributed by atoms with Crippen LogP contribution in [0, 0.1) is 5.92 Å². The molecule has 0 unspecified atom stereocenters. The lowest BCUT2D eigenvalue weighted by Crippen LogP contribution is -2.35. The number of aliphatic imine (C=N–C) groups is 1. The van der Waals surface area contributed by atoms with E-state index >= 15 is 0 Å². The van der Waals surface area contributed by atoms with Crippen LogP contribution < -0.4 is 5.73 Å². The van der Waals surface area contributed by atoms with Crippen LogP contribution in [-0.2, 0) is 0 Å². The summed E-state index contributed by atoms with van der Waals surface area (Å²) in [4.78, 5) is 17.0. The summed E-state index contributed by atoms with van der Waals surface area (Å²) in [5.74, 6) is 0.0824. The number of nitrogens with two attached hydrogens (primary N) is 1. The van der Waals surface area contributed by atoms with Crippen LogP contribution in [0.15, 0.2) is 41.9 Å². The third-order valence-corrected chi connectivity index (χ3v) is 4.24. The maximum absolute atomic E-state index is 12.9. The first-order chi connectivity index (χ1) is 11.1. The van der Waals surface area contributed by atoms with Crippen LogP contribution in [0.4, 0.5) is 0 Å². The minimum Gasteiger partial charge on any atom is -0.327 e. The largest absolute Gasteiger partial charge is 0.327 e. The Hall–Kier alpha value is -1.74. The number of unbranched alkanes of at least 4 members (excludes halogenated alkanes) is 1. The average Bonchev–Trinajstić information content (AvgIpc) is 2.57. The van der Waals surface area contributed by atoms with Crippen molar-refractivity contribution >= 4 is 11.5 Å². The lowest BCUT2D eigenvalue weighted by Gasteiger charge is -2.22. The predicted octanol–water partition coefficient (Wildman–Crippen LogP) is 4.41. The molecule has 1 aromatic carbocycles. The Kier molecular flexibility index (Phi) is 8.49. The molecule has 0 heterocycles. The zero-order valence-electron chi connectivity index (χ0n) is 14.7. The molecule has 0 radical (unpaired) electrons. The third-order valence-electron chi connectivity index (χ3n) is 4.24. The number of Topliss-reactive ketones (excluding diaryl/α,β-unsaturated/α-hetero) is 1. The lowest BCUT2D eigenvalue weighted by atomic mass is 9.85. The number of rotatable bonds is 10. The molecule has 0 aliphatic heterocycles. The van der Waals surface area contributed by atoms with Gasteiger partial charge in [-0.3, -0.25) is 9.79 Å². The Morgan fingerprint density at radius 1 is 1.17 bits per heavy atom. The molecule has 0 spiro atoms. The molecule has 2 N–H and O–H groups in total. The van der Waals surface area contributed by atoms with Gasteiger partial charge < -0.3 is 5.73 Å². The number of nitrogens with zero attached hydrogens (tertiary/aromatic N) is 1. The van der Waals surface area contributed by atoms with E-state index in [4.69, 9.17) is 5.73 Å². The zero-order chi connectivity index (χ0) is 17.2. The number of carbonyl (C=O) groups is 1. The first-order valence-electron chi connectivity index (χ1n) is 8.58. The topological polar surface area (TPSA) is 55.5 Å². The molecule has 0 aliphatic carbocycles. The number of allylic oxidation sites excluding steroid dienone is 1. The summed E-state index contributed by atoms with van der Waals surface area (Å²) in [6, 6.07) is 7.56. The van der Waals surface area contributed by atoms with E-state index in [0.29, 0.717) is 0 Å². The maximum atomic E-state index is 12.9. The van der Waals surface area contributed by atoms with E-state index in [9.17, 15) is 4.79 Å². The number of ketones is 1. The van der Waals surface area contributed by atoms with Gasteiger partial charge in [0.2, 0.25) is 0 Å². The van der Waals surface area contributed by atoms with Gasteiger partial charge in [-0.05, 0) is 24.5 Å². The monoisotopic (exact) mass is 314 g/mol. The molecule has 0 aliphatic rings. The molecule has 0 saturated carbocycles. The second kappa shape index (κ2) is 10.1. The summed E-state index contributed by atoms with van der Waals surface area (Å²) in [5.41, 5.74) is 8.81. The van der Waals surface area contributed by atoms with Gasteiger partial charge in [0.15, 0.2) is 5.78 Å². The van der Waals surface area contributed by atoms with Crippen LogP contribution in [-0.4, -0.2) is 24.6 Å². The van der Waals surface area contributed by atoms with Crippen LogP contribution in [0.3, 0.4) is 0 Å². The van der Waals surface area contributed by atoms with Crippen LogP contribution in [0.25, 0.3) is 0 Å². The smallest absolute Gasteiger partial charge is 0.167 e. The van der Waals surface area contributed by atoms with Crippen LogP contribution in [0.2, 0.25) is 0 Å². The van der Waals surface area contributed by atoms with Crippen LogP contribution in [0.5, 0.6) is 0 Å². The molecule has 3 heteroatoms. The Morgan fingerprint density at radius 2 is 1.78 bits per heavy atom. The van der Waals surface area contributed by atoms with E-state index < -0.39 is 0 Å². The summed E-state index contributed by atoms with van der Waals surface area (Å²) in [7, 11) is 1.74. The minimum absolute atomic E-state index is 0.0559. The molecule has 1 aromatic rings. The Labute approximate surface area is 140 Å². The van der Waals surface area contributed by atoms with Crippen LogP contribution >= 0.6 is 0 Å². The minimum atomic E-state index is -0.0838. The van der Waals surface area contributed by atoms with Crippen molar-refractivity contribution in [2.75, 3.05) is 7.05 Å². The summed E-state index contributed by atoms with van der Waals surface area (Å²) in [6.45, 7) is 8.01. The fourth-order valence-electron chi connectivity index (χ4n) is 2.86. The van der Waals surface area contributed by atoms with E-state index in [-0.39, 0.29) is 17.7 Å². The van der Waals surface area contributed by atoms with Gasteiger partial charge in [-0.25, -0.2) is 0 Å². The quantitative estimate of drug-likeness (QED) is 0.514.